The van der Waals surface area contributed by atoms with Crippen molar-refractivity contribution in [2.24, 2.45) is 0 Å². The van der Waals surface area contributed by atoms with Gasteiger partial charge in [-0.3, -0.25) is 0 Å². The van der Waals surface area contributed by atoms with Crippen LogP contribution in [0.25, 0.3) is 0 Å². The van der Waals surface area contributed by atoms with Crippen LogP contribution in [-0.2, 0) is 5.41 Å². The standard InChI is InChI=1S/C11H16O2/c1-11(2,10(13)8-12)9-6-4-3-5-7-9/h3-7,10,12-13H,8H2,1-2H3. The third-order valence-corrected chi connectivity index (χ3v) is 2.52. The minimum Gasteiger partial charge on any atom is -0.394 e. The van der Waals surface area contributed by atoms with Gasteiger partial charge < -0.3 is 10.2 Å². The van der Waals surface area contributed by atoms with Crippen molar-refractivity contribution in [1.82, 2.24) is 0 Å². The molecular weight excluding hydrogens is 164 g/mol. The lowest BCUT2D eigenvalue weighted by Crippen LogP contribution is -2.36. The molecule has 1 atom stereocenters. The zero-order valence-corrected chi connectivity index (χ0v) is 8.07. The van der Waals surface area contributed by atoms with Crippen molar-refractivity contribution in [2.75, 3.05) is 6.61 Å². The predicted molar refractivity (Wildman–Crippen MR) is 52.6 cm³/mol. The predicted octanol–water partition coefficient (Wildman–Crippen LogP) is 1.32. The highest BCUT2D eigenvalue weighted by molar-refractivity contribution is 5.24. The second-order valence-electron chi connectivity index (χ2n) is 3.79. The van der Waals surface area contributed by atoms with Gasteiger partial charge in [-0.25, -0.2) is 0 Å². The maximum Gasteiger partial charge on any atom is 0.0861 e. The summed E-state index contributed by atoms with van der Waals surface area (Å²) in [5, 5.41) is 18.5. The molecule has 0 radical (unpaired) electrons. The van der Waals surface area contributed by atoms with Gasteiger partial charge in [0.15, 0.2) is 0 Å². The summed E-state index contributed by atoms with van der Waals surface area (Å²) in [4.78, 5) is 0. The van der Waals surface area contributed by atoms with Gasteiger partial charge in [-0.05, 0) is 5.56 Å². The molecule has 2 heteroatoms. The summed E-state index contributed by atoms with van der Waals surface area (Å²) >= 11 is 0. The number of aliphatic hydroxyl groups is 2. The van der Waals surface area contributed by atoms with Gasteiger partial charge in [0.05, 0.1) is 12.7 Å². The molecule has 0 saturated carbocycles. The summed E-state index contributed by atoms with van der Waals surface area (Å²) < 4.78 is 0. The lowest BCUT2D eigenvalue weighted by molar-refractivity contribution is 0.0412. The summed E-state index contributed by atoms with van der Waals surface area (Å²) in [6.45, 7) is 3.63. The van der Waals surface area contributed by atoms with Gasteiger partial charge >= 0.3 is 0 Å². The maximum absolute atomic E-state index is 9.59. The van der Waals surface area contributed by atoms with E-state index in [-0.39, 0.29) is 6.61 Å². The van der Waals surface area contributed by atoms with Crippen LogP contribution in [-0.4, -0.2) is 22.9 Å². The van der Waals surface area contributed by atoms with Crippen molar-refractivity contribution in [2.45, 2.75) is 25.4 Å². The molecular formula is C11H16O2. The number of benzene rings is 1. The van der Waals surface area contributed by atoms with E-state index in [4.69, 9.17) is 5.11 Å². The van der Waals surface area contributed by atoms with Crippen LogP contribution in [0.5, 0.6) is 0 Å². The largest absolute Gasteiger partial charge is 0.394 e. The highest BCUT2D eigenvalue weighted by atomic mass is 16.3. The first-order valence-corrected chi connectivity index (χ1v) is 4.43. The smallest absolute Gasteiger partial charge is 0.0861 e. The van der Waals surface area contributed by atoms with E-state index in [1.54, 1.807) is 0 Å². The number of rotatable bonds is 3. The van der Waals surface area contributed by atoms with Crippen LogP contribution in [0.4, 0.5) is 0 Å². The minimum absolute atomic E-state index is 0.206. The average molecular weight is 180 g/mol. The van der Waals surface area contributed by atoms with Gasteiger partial charge in [0, 0.05) is 5.41 Å². The Kier molecular flexibility index (Phi) is 3.07. The van der Waals surface area contributed by atoms with Crippen LogP contribution in [0.15, 0.2) is 30.3 Å². The molecule has 0 aliphatic heterocycles. The molecule has 1 aromatic carbocycles. The van der Waals surface area contributed by atoms with Crippen LogP contribution in [0.3, 0.4) is 0 Å². The first kappa shape index (κ1) is 10.2. The van der Waals surface area contributed by atoms with E-state index in [2.05, 4.69) is 0 Å². The van der Waals surface area contributed by atoms with Crippen molar-refractivity contribution in [3.8, 4) is 0 Å². The van der Waals surface area contributed by atoms with Crippen molar-refractivity contribution < 1.29 is 10.2 Å². The van der Waals surface area contributed by atoms with Crippen molar-refractivity contribution in [3.05, 3.63) is 35.9 Å². The molecule has 0 spiro atoms. The van der Waals surface area contributed by atoms with Gasteiger partial charge in [-0.2, -0.15) is 0 Å². The molecule has 1 rings (SSSR count). The molecule has 72 valence electrons. The lowest BCUT2D eigenvalue weighted by Gasteiger charge is -2.29. The molecule has 1 unspecified atom stereocenters. The van der Waals surface area contributed by atoms with Crippen molar-refractivity contribution in [1.29, 1.82) is 0 Å². The van der Waals surface area contributed by atoms with Gasteiger partial charge in [-0.1, -0.05) is 44.2 Å². The Morgan fingerprint density at radius 1 is 1.23 bits per heavy atom. The SMILES string of the molecule is CC(C)(c1ccccc1)C(O)CO. The Hall–Kier alpha value is -0.860. The fourth-order valence-corrected chi connectivity index (χ4v) is 1.29. The van der Waals surface area contributed by atoms with E-state index in [9.17, 15) is 5.11 Å². The molecule has 0 bridgehead atoms. The molecule has 0 amide bonds. The second-order valence-corrected chi connectivity index (χ2v) is 3.79. The monoisotopic (exact) mass is 180 g/mol. The van der Waals surface area contributed by atoms with E-state index in [0.717, 1.165) is 5.56 Å². The Morgan fingerprint density at radius 2 is 1.77 bits per heavy atom. The normalized spacial score (nSPS) is 14.2. The summed E-state index contributed by atoms with van der Waals surface area (Å²) in [7, 11) is 0. The fourth-order valence-electron chi connectivity index (χ4n) is 1.29. The Bertz CT molecular complexity index is 254. The molecule has 0 saturated heterocycles. The summed E-state index contributed by atoms with van der Waals surface area (Å²) in [5.41, 5.74) is 0.646. The molecule has 2 N–H and O–H groups in total. The van der Waals surface area contributed by atoms with Gasteiger partial charge in [0.25, 0.3) is 0 Å². The Balaban J connectivity index is 2.93. The van der Waals surface area contributed by atoms with Gasteiger partial charge in [-0.15, -0.1) is 0 Å². The topological polar surface area (TPSA) is 40.5 Å². The maximum atomic E-state index is 9.59. The van der Waals surface area contributed by atoms with E-state index in [0.29, 0.717) is 0 Å². The molecule has 0 aliphatic carbocycles. The number of aliphatic hydroxyl groups excluding tert-OH is 2. The zero-order chi connectivity index (χ0) is 9.90. The molecule has 0 fully saturated rings. The minimum atomic E-state index is -0.713. The van der Waals surface area contributed by atoms with Gasteiger partial charge in [0.2, 0.25) is 0 Å². The highest BCUT2D eigenvalue weighted by Gasteiger charge is 2.28. The summed E-state index contributed by atoms with van der Waals surface area (Å²) in [6.07, 6.45) is -0.713. The number of hydrogen-bond donors (Lipinski definition) is 2. The quantitative estimate of drug-likeness (QED) is 0.736. The Morgan fingerprint density at radius 3 is 2.23 bits per heavy atom. The highest BCUT2D eigenvalue weighted by Crippen LogP contribution is 2.26. The molecule has 0 aromatic heterocycles. The third kappa shape index (κ3) is 2.08. The van der Waals surface area contributed by atoms with E-state index >= 15 is 0 Å². The van der Waals surface area contributed by atoms with E-state index in [1.165, 1.54) is 0 Å². The average Bonchev–Trinajstić information content (AvgIpc) is 2.18. The van der Waals surface area contributed by atoms with Crippen LogP contribution in [0.2, 0.25) is 0 Å². The third-order valence-electron chi connectivity index (χ3n) is 2.52. The van der Waals surface area contributed by atoms with E-state index < -0.39 is 11.5 Å². The van der Waals surface area contributed by atoms with Gasteiger partial charge in [0.1, 0.15) is 0 Å². The first-order chi connectivity index (χ1) is 6.09. The van der Waals surface area contributed by atoms with Crippen LogP contribution in [0.1, 0.15) is 19.4 Å². The molecule has 0 aliphatic rings. The van der Waals surface area contributed by atoms with E-state index in [1.807, 2.05) is 44.2 Å². The molecule has 1 aromatic rings. The van der Waals surface area contributed by atoms with Crippen LogP contribution < -0.4 is 0 Å². The summed E-state index contributed by atoms with van der Waals surface area (Å²) in [6, 6.07) is 9.71. The first-order valence-electron chi connectivity index (χ1n) is 4.43. The zero-order valence-electron chi connectivity index (χ0n) is 8.07. The fraction of sp³-hybridized carbons (Fsp3) is 0.455. The Labute approximate surface area is 78.8 Å². The molecule has 2 nitrogen and oxygen atoms in total. The molecule has 13 heavy (non-hydrogen) atoms. The molecule has 0 heterocycles. The second kappa shape index (κ2) is 3.90. The lowest BCUT2D eigenvalue weighted by atomic mass is 9.80. The van der Waals surface area contributed by atoms with Crippen molar-refractivity contribution >= 4 is 0 Å². The van der Waals surface area contributed by atoms with Crippen LogP contribution in [0, 0.1) is 0 Å². The summed E-state index contributed by atoms with van der Waals surface area (Å²) in [5.74, 6) is 0. The van der Waals surface area contributed by atoms with Crippen molar-refractivity contribution in [3.63, 3.8) is 0 Å². The van der Waals surface area contributed by atoms with Crippen LogP contribution >= 0.6 is 0 Å². The number of hydrogen-bond acceptors (Lipinski definition) is 2.